The van der Waals surface area contributed by atoms with Gasteiger partial charge in [0, 0.05) is 6.07 Å². The van der Waals surface area contributed by atoms with Gasteiger partial charge in [-0.25, -0.2) is 8.42 Å². The van der Waals surface area contributed by atoms with Gasteiger partial charge in [0.15, 0.2) is 11.4 Å². The third-order valence-corrected chi connectivity index (χ3v) is 6.39. The fraction of sp³-hybridized carbons (Fsp3) is 0.333. The van der Waals surface area contributed by atoms with Gasteiger partial charge in [-0.2, -0.15) is 4.31 Å². The summed E-state index contributed by atoms with van der Waals surface area (Å²) in [7, 11) is -1.75. The first-order valence-electron chi connectivity index (χ1n) is 8.07. The van der Waals surface area contributed by atoms with Crippen LogP contribution in [-0.4, -0.2) is 46.0 Å². The zero-order valence-electron chi connectivity index (χ0n) is 14.0. The lowest BCUT2D eigenvalue weighted by atomic mass is 10.2. The first-order valence-corrected chi connectivity index (χ1v) is 9.51. The topological polar surface area (TPSA) is 51.1 Å². The third kappa shape index (κ3) is 3.31. The number of nitrogens with zero attached hydrogens (tertiary/aromatic N) is 1. The molecule has 1 heterocycles. The van der Waals surface area contributed by atoms with Crippen LogP contribution in [0.3, 0.4) is 0 Å². The van der Waals surface area contributed by atoms with Crippen LogP contribution in [0, 0.1) is 6.92 Å². The van der Waals surface area contributed by atoms with E-state index in [1.54, 1.807) is 23.5 Å². The second kappa shape index (κ2) is 6.93. The highest BCUT2D eigenvalue weighted by atomic mass is 32.2. The highest BCUT2D eigenvalue weighted by Gasteiger charge is 2.31. The maximum Gasteiger partial charge on any atom is 0.243 e. The molecule has 2 aromatic rings. The normalized spacial score (nSPS) is 16.9. The molecule has 3 rings (SSSR count). The molecule has 0 unspecified atom stereocenters. The summed E-state index contributed by atoms with van der Waals surface area (Å²) in [6.45, 7) is 4.41. The number of hydrogen-bond acceptors (Lipinski definition) is 3. The van der Waals surface area contributed by atoms with Crippen molar-refractivity contribution >= 4 is 15.7 Å². The number of piperazine rings is 1. The van der Waals surface area contributed by atoms with Crippen molar-refractivity contribution in [1.82, 2.24) is 4.31 Å². The molecule has 0 bridgehead atoms. The Morgan fingerprint density at radius 1 is 1.00 bits per heavy atom. The van der Waals surface area contributed by atoms with E-state index < -0.39 is 10.0 Å². The van der Waals surface area contributed by atoms with Gasteiger partial charge in [0.2, 0.25) is 10.0 Å². The lowest BCUT2D eigenvalue weighted by Gasteiger charge is -2.31. The standard InChI is InChI=1S/C18H22N2O3S/c1-15-7-9-16(10-8-15)24(21,22)20-13-11-19(12-14-20)17-5-3-4-6-18(17)23-2/h3-10H,11-14H2,1-2H3/p+1. The summed E-state index contributed by atoms with van der Waals surface area (Å²) in [5, 5.41) is 0. The van der Waals surface area contributed by atoms with Gasteiger partial charge in [0.05, 0.1) is 38.2 Å². The average molecular weight is 347 g/mol. The molecule has 1 aliphatic heterocycles. The molecule has 5 nitrogen and oxygen atoms in total. The number of benzene rings is 2. The second-order valence-electron chi connectivity index (χ2n) is 6.02. The lowest BCUT2D eigenvalue weighted by molar-refractivity contribution is -0.837. The summed E-state index contributed by atoms with van der Waals surface area (Å²) in [6.07, 6.45) is 0. The molecule has 6 heteroatoms. The van der Waals surface area contributed by atoms with Crippen molar-refractivity contribution < 1.29 is 18.1 Å². The van der Waals surface area contributed by atoms with Crippen LogP contribution >= 0.6 is 0 Å². The number of rotatable bonds is 4. The summed E-state index contributed by atoms with van der Waals surface area (Å²) in [5.74, 6) is 0.849. The number of sulfonamides is 1. The van der Waals surface area contributed by atoms with Crippen LogP contribution in [0.2, 0.25) is 0 Å². The van der Waals surface area contributed by atoms with E-state index in [4.69, 9.17) is 4.74 Å². The van der Waals surface area contributed by atoms with Gasteiger partial charge in [-0.1, -0.05) is 29.8 Å². The van der Waals surface area contributed by atoms with Crippen LogP contribution in [0.1, 0.15) is 5.56 Å². The van der Waals surface area contributed by atoms with E-state index in [0.717, 1.165) is 30.1 Å². The lowest BCUT2D eigenvalue weighted by Crippen LogP contribution is -3.10. The Hall–Kier alpha value is -1.89. The van der Waals surface area contributed by atoms with E-state index in [2.05, 4.69) is 0 Å². The fourth-order valence-electron chi connectivity index (χ4n) is 3.06. The molecule has 1 saturated heterocycles. The van der Waals surface area contributed by atoms with E-state index in [-0.39, 0.29) is 0 Å². The minimum atomic E-state index is -3.41. The molecule has 1 N–H and O–H groups in total. The van der Waals surface area contributed by atoms with Crippen molar-refractivity contribution in [2.45, 2.75) is 11.8 Å². The van der Waals surface area contributed by atoms with Gasteiger partial charge in [0.25, 0.3) is 0 Å². The Labute approximate surface area is 143 Å². The summed E-state index contributed by atoms with van der Waals surface area (Å²) in [6, 6.07) is 15.0. The van der Waals surface area contributed by atoms with Crippen molar-refractivity contribution in [3.63, 3.8) is 0 Å². The molecule has 2 aromatic carbocycles. The maximum absolute atomic E-state index is 12.8. The molecule has 1 aliphatic rings. The summed E-state index contributed by atoms with van der Waals surface area (Å²) in [5.41, 5.74) is 2.15. The van der Waals surface area contributed by atoms with Gasteiger partial charge in [-0.15, -0.1) is 0 Å². The Morgan fingerprint density at radius 2 is 1.62 bits per heavy atom. The van der Waals surface area contributed by atoms with Gasteiger partial charge in [-0.05, 0) is 25.1 Å². The number of aryl methyl sites for hydroxylation is 1. The molecule has 0 spiro atoms. The molecule has 0 amide bonds. The minimum absolute atomic E-state index is 0.369. The third-order valence-electron chi connectivity index (χ3n) is 4.47. The smallest absolute Gasteiger partial charge is 0.243 e. The van der Waals surface area contributed by atoms with Crippen LogP contribution in [-0.2, 0) is 10.0 Å². The van der Waals surface area contributed by atoms with Gasteiger partial charge >= 0.3 is 0 Å². The van der Waals surface area contributed by atoms with Crippen molar-refractivity contribution in [1.29, 1.82) is 0 Å². The predicted octanol–water partition coefficient (Wildman–Crippen LogP) is 1.22. The van der Waals surface area contributed by atoms with Crippen LogP contribution in [0.25, 0.3) is 0 Å². The van der Waals surface area contributed by atoms with Crippen LogP contribution in [0.4, 0.5) is 5.69 Å². The van der Waals surface area contributed by atoms with E-state index in [1.807, 2.05) is 43.3 Å². The van der Waals surface area contributed by atoms with E-state index in [1.165, 1.54) is 4.90 Å². The molecular weight excluding hydrogens is 324 g/mol. The molecule has 24 heavy (non-hydrogen) atoms. The number of hydrogen-bond donors (Lipinski definition) is 1. The summed E-state index contributed by atoms with van der Waals surface area (Å²) in [4.78, 5) is 1.62. The SMILES string of the molecule is COc1ccccc1[NH+]1CCN(S(=O)(=O)c2ccc(C)cc2)CC1. The molecule has 0 radical (unpaired) electrons. The second-order valence-corrected chi connectivity index (χ2v) is 7.96. The Bertz CT molecular complexity index is 795. The zero-order valence-corrected chi connectivity index (χ0v) is 14.8. The molecule has 0 atom stereocenters. The van der Waals surface area contributed by atoms with Crippen LogP contribution in [0.5, 0.6) is 5.75 Å². The number of para-hydroxylation sites is 2. The molecule has 1 fully saturated rings. The summed E-state index contributed by atoms with van der Waals surface area (Å²) >= 11 is 0. The molecule has 128 valence electrons. The quantitative estimate of drug-likeness (QED) is 0.905. The monoisotopic (exact) mass is 347 g/mol. The average Bonchev–Trinajstić information content (AvgIpc) is 2.62. The number of quaternary nitrogens is 1. The van der Waals surface area contributed by atoms with Crippen molar-refractivity contribution in [3.05, 3.63) is 54.1 Å². The number of ether oxygens (including phenoxy) is 1. The van der Waals surface area contributed by atoms with Crippen LogP contribution in [0.15, 0.2) is 53.4 Å². The predicted molar refractivity (Wildman–Crippen MR) is 93.3 cm³/mol. The first kappa shape index (κ1) is 17.0. The highest BCUT2D eigenvalue weighted by Crippen LogP contribution is 2.20. The van der Waals surface area contributed by atoms with Crippen molar-refractivity contribution in [2.75, 3.05) is 33.3 Å². The van der Waals surface area contributed by atoms with E-state index in [0.29, 0.717) is 18.0 Å². The molecule has 0 saturated carbocycles. The van der Waals surface area contributed by atoms with Gasteiger partial charge in [-0.3, -0.25) is 4.90 Å². The Morgan fingerprint density at radius 3 is 2.25 bits per heavy atom. The van der Waals surface area contributed by atoms with E-state index in [9.17, 15) is 8.42 Å². The number of nitrogens with one attached hydrogen (secondary N) is 1. The highest BCUT2D eigenvalue weighted by molar-refractivity contribution is 7.89. The van der Waals surface area contributed by atoms with Crippen molar-refractivity contribution in [3.8, 4) is 5.75 Å². The van der Waals surface area contributed by atoms with Gasteiger partial charge in [0.1, 0.15) is 0 Å². The van der Waals surface area contributed by atoms with E-state index >= 15 is 0 Å². The Balaban J connectivity index is 1.74. The fourth-order valence-corrected chi connectivity index (χ4v) is 4.50. The molecule has 0 aromatic heterocycles. The largest absolute Gasteiger partial charge is 0.491 e. The number of methoxy groups -OCH3 is 1. The summed E-state index contributed by atoms with van der Waals surface area (Å²) < 4.78 is 32.5. The van der Waals surface area contributed by atoms with Gasteiger partial charge < -0.3 is 4.74 Å². The van der Waals surface area contributed by atoms with Crippen LogP contribution < -0.4 is 9.64 Å². The maximum atomic E-state index is 12.8. The minimum Gasteiger partial charge on any atom is -0.491 e. The zero-order chi connectivity index (χ0) is 17.2. The first-order chi connectivity index (χ1) is 11.5. The molecular formula is C18H23N2O3S+. The Kier molecular flexibility index (Phi) is 4.89. The molecule has 0 aliphatic carbocycles. The van der Waals surface area contributed by atoms with Crippen molar-refractivity contribution in [2.24, 2.45) is 0 Å².